The van der Waals surface area contributed by atoms with E-state index in [-0.39, 0.29) is 5.25 Å². The summed E-state index contributed by atoms with van der Waals surface area (Å²) in [6.07, 6.45) is 3.28. The average Bonchev–Trinajstić information content (AvgIpc) is 3.11. The smallest absolute Gasteiger partial charge is 0.181 e. The molecule has 0 unspecified atom stereocenters. The minimum absolute atomic E-state index is 0.288. The summed E-state index contributed by atoms with van der Waals surface area (Å²) in [5.41, 5.74) is 2.99. The van der Waals surface area contributed by atoms with E-state index in [4.69, 9.17) is 11.6 Å². The Morgan fingerprint density at radius 3 is 2.54 bits per heavy atom. The van der Waals surface area contributed by atoms with Crippen LogP contribution in [0.3, 0.4) is 0 Å². The molecular weight excluding hydrogens is 414 g/mol. The van der Waals surface area contributed by atoms with Crippen molar-refractivity contribution in [3.05, 3.63) is 53.2 Å². The standard InChI is InChI=1S/C20H22ClN3O2S2/c1-13-12-23-20-18(7-6-17(21)19(13)20)24-27-14-2-4-15(5-3-14)28(25,26)16-8-10-22-11-9-16/h2-7,12,16,22-24H,8-11H2,1H3. The van der Waals surface area contributed by atoms with Gasteiger partial charge in [-0.15, -0.1) is 0 Å². The molecule has 148 valence electrons. The quantitative estimate of drug-likeness (QED) is 0.503. The molecule has 3 aromatic rings. The van der Waals surface area contributed by atoms with Crippen molar-refractivity contribution >= 4 is 50.0 Å². The first kappa shape index (κ1) is 19.6. The third-order valence-corrected chi connectivity index (χ3v) is 8.56. The molecule has 28 heavy (non-hydrogen) atoms. The van der Waals surface area contributed by atoms with Crippen LogP contribution in [0.15, 0.2) is 52.4 Å². The van der Waals surface area contributed by atoms with Gasteiger partial charge in [-0.3, -0.25) is 0 Å². The van der Waals surface area contributed by atoms with E-state index in [1.807, 2.05) is 37.4 Å². The van der Waals surface area contributed by atoms with E-state index in [1.54, 1.807) is 12.1 Å². The first-order chi connectivity index (χ1) is 13.5. The normalized spacial score (nSPS) is 15.8. The van der Waals surface area contributed by atoms with E-state index in [0.717, 1.165) is 45.2 Å². The molecule has 2 aromatic carbocycles. The van der Waals surface area contributed by atoms with Crippen molar-refractivity contribution in [2.75, 3.05) is 17.8 Å². The fourth-order valence-corrected chi connectivity index (χ4v) is 6.29. The highest BCUT2D eigenvalue weighted by Crippen LogP contribution is 2.34. The van der Waals surface area contributed by atoms with Crippen LogP contribution in [0, 0.1) is 6.92 Å². The van der Waals surface area contributed by atoms with Gasteiger partial charge >= 0.3 is 0 Å². The molecule has 1 saturated heterocycles. The molecule has 1 aromatic heterocycles. The largest absolute Gasteiger partial charge is 0.359 e. The number of H-pyrrole nitrogens is 1. The average molecular weight is 436 g/mol. The van der Waals surface area contributed by atoms with Crippen LogP contribution in [0.1, 0.15) is 18.4 Å². The number of anilines is 1. The molecule has 4 rings (SSSR count). The van der Waals surface area contributed by atoms with E-state index in [9.17, 15) is 8.42 Å². The van der Waals surface area contributed by atoms with Gasteiger partial charge in [-0.25, -0.2) is 8.42 Å². The predicted molar refractivity (Wildman–Crippen MR) is 117 cm³/mol. The number of nitrogens with one attached hydrogen (secondary N) is 3. The second kappa shape index (κ2) is 7.99. The highest BCUT2D eigenvalue weighted by atomic mass is 35.5. The molecule has 1 aliphatic heterocycles. The van der Waals surface area contributed by atoms with Gasteiger partial charge in [0, 0.05) is 16.5 Å². The Bertz CT molecular complexity index is 1090. The Labute approximate surface area is 174 Å². The van der Waals surface area contributed by atoms with Crippen LogP contribution in [-0.4, -0.2) is 31.7 Å². The number of rotatable bonds is 5. The minimum atomic E-state index is -3.27. The van der Waals surface area contributed by atoms with Crippen LogP contribution in [-0.2, 0) is 9.84 Å². The molecule has 0 amide bonds. The van der Waals surface area contributed by atoms with E-state index in [2.05, 4.69) is 15.0 Å². The van der Waals surface area contributed by atoms with Crippen LogP contribution in [0.25, 0.3) is 10.9 Å². The maximum Gasteiger partial charge on any atom is 0.181 e. The lowest BCUT2D eigenvalue weighted by Gasteiger charge is -2.22. The number of aromatic amines is 1. The highest BCUT2D eigenvalue weighted by molar-refractivity contribution is 8.00. The molecule has 1 aliphatic rings. The molecule has 0 bridgehead atoms. The van der Waals surface area contributed by atoms with Crippen molar-refractivity contribution in [2.24, 2.45) is 0 Å². The van der Waals surface area contributed by atoms with Gasteiger partial charge in [0.25, 0.3) is 0 Å². The van der Waals surface area contributed by atoms with Crippen molar-refractivity contribution in [1.29, 1.82) is 0 Å². The number of hydrogen-bond donors (Lipinski definition) is 3. The molecule has 8 heteroatoms. The van der Waals surface area contributed by atoms with Crippen molar-refractivity contribution in [3.63, 3.8) is 0 Å². The zero-order valence-electron chi connectivity index (χ0n) is 15.5. The summed E-state index contributed by atoms with van der Waals surface area (Å²) in [5.74, 6) is 0. The summed E-state index contributed by atoms with van der Waals surface area (Å²) in [5, 5.41) is 4.65. The molecule has 5 nitrogen and oxygen atoms in total. The predicted octanol–water partition coefficient (Wildman–Crippen LogP) is 4.77. The molecular formula is C20H22ClN3O2S2. The van der Waals surface area contributed by atoms with Gasteiger partial charge < -0.3 is 15.0 Å². The van der Waals surface area contributed by atoms with Gasteiger partial charge in [0.05, 0.1) is 26.4 Å². The van der Waals surface area contributed by atoms with Gasteiger partial charge in [-0.05, 0) is 86.8 Å². The maximum absolute atomic E-state index is 12.8. The van der Waals surface area contributed by atoms with Gasteiger partial charge in [-0.1, -0.05) is 11.6 Å². The van der Waals surface area contributed by atoms with E-state index in [0.29, 0.717) is 17.7 Å². The molecule has 3 N–H and O–H groups in total. The summed E-state index contributed by atoms with van der Waals surface area (Å²) in [6.45, 7) is 3.54. The van der Waals surface area contributed by atoms with E-state index >= 15 is 0 Å². The Kier molecular flexibility index (Phi) is 5.60. The third kappa shape index (κ3) is 3.76. The number of aryl methyl sites for hydroxylation is 1. The van der Waals surface area contributed by atoms with Crippen LogP contribution in [0.2, 0.25) is 5.02 Å². The Morgan fingerprint density at radius 2 is 1.82 bits per heavy atom. The van der Waals surface area contributed by atoms with Crippen LogP contribution >= 0.6 is 23.5 Å². The fourth-order valence-electron chi connectivity index (χ4n) is 3.56. The van der Waals surface area contributed by atoms with Crippen molar-refractivity contribution in [1.82, 2.24) is 10.3 Å². The maximum atomic E-state index is 12.8. The van der Waals surface area contributed by atoms with Crippen molar-refractivity contribution in [2.45, 2.75) is 34.8 Å². The SMILES string of the molecule is Cc1c[nH]c2c(NSc3ccc(S(=O)(=O)C4CCNCC4)cc3)ccc(Cl)c12. The van der Waals surface area contributed by atoms with Crippen LogP contribution in [0.4, 0.5) is 5.69 Å². The summed E-state index contributed by atoms with van der Waals surface area (Å²) in [6, 6.07) is 10.9. The first-order valence-electron chi connectivity index (χ1n) is 9.20. The van der Waals surface area contributed by atoms with Crippen LogP contribution < -0.4 is 10.0 Å². The second-order valence-electron chi connectivity index (χ2n) is 6.99. The van der Waals surface area contributed by atoms with Gasteiger partial charge in [0.2, 0.25) is 0 Å². The second-order valence-corrected chi connectivity index (χ2v) is 10.5. The first-order valence-corrected chi connectivity index (χ1v) is 11.9. The summed E-state index contributed by atoms with van der Waals surface area (Å²) in [4.78, 5) is 4.60. The number of halogens is 1. The number of piperidine rings is 1. The zero-order valence-corrected chi connectivity index (χ0v) is 17.8. The van der Waals surface area contributed by atoms with E-state index < -0.39 is 9.84 Å². The van der Waals surface area contributed by atoms with Gasteiger partial charge in [-0.2, -0.15) is 0 Å². The lowest BCUT2D eigenvalue weighted by molar-refractivity contribution is 0.496. The molecule has 0 spiro atoms. The minimum Gasteiger partial charge on any atom is -0.359 e. The molecule has 0 atom stereocenters. The Hall–Kier alpha value is -1.67. The van der Waals surface area contributed by atoms with Crippen LogP contribution in [0.5, 0.6) is 0 Å². The number of fused-ring (bicyclic) bond motifs is 1. The summed E-state index contributed by atoms with van der Waals surface area (Å²) in [7, 11) is -3.27. The Balaban J connectivity index is 1.49. The number of sulfone groups is 1. The monoisotopic (exact) mass is 435 g/mol. The summed E-state index contributed by atoms with van der Waals surface area (Å²) < 4.78 is 28.9. The lowest BCUT2D eigenvalue weighted by Crippen LogP contribution is -2.35. The lowest BCUT2D eigenvalue weighted by atomic mass is 10.2. The van der Waals surface area contributed by atoms with Crippen molar-refractivity contribution in [3.8, 4) is 0 Å². The molecule has 0 radical (unpaired) electrons. The third-order valence-electron chi connectivity index (χ3n) is 5.14. The van der Waals surface area contributed by atoms with Gasteiger partial charge in [0.1, 0.15) is 0 Å². The summed E-state index contributed by atoms with van der Waals surface area (Å²) >= 11 is 7.74. The molecule has 1 fully saturated rings. The van der Waals surface area contributed by atoms with Crippen molar-refractivity contribution < 1.29 is 8.42 Å². The van der Waals surface area contributed by atoms with Gasteiger partial charge in [0.15, 0.2) is 9.84 Å². The highest BCUT2D eigenvalue weighted by Gasteiger charge is 2.28. The fraction of sp³-hybridized carbons (Fsp3) is 0.300. The number of hydrogen-bond acceptors (Lipinski definition) is 5. The Morgan fingerprint density at radius 1 is 1.11 bits per heavy atom. The molecule has 2 heterocycles. The number of aromatic nitrogens is 1. The van der Waals surface area contributed by atoms with E-state index in [1.165, 1.54) is 11.9 Å². The number of benzene rings is 2. The zero-order chi connectivity index (χ0) is 19.7. The molecule has 0 saturated carbocycles. The molecule has 0 aliphatic carbocycles. The topological polar surface area (TPSA) is 74.0 Å².